The number of amides is 1. The normalized spacial score (nSPS) is 16.7. The van der Waals surface area contributed by atoms with Crippen LogP contribution in [0.25, 0.3) is 0 Å². The molecule has 1 saturated carbocycles. The highest BCUT2D eigenvalue weighted by Gasteiger charge is 2.48. The molecule has 1 aliphatic carbocycles. The summed E-state index contributed by atoms with van der Waals surface area (Å²) in [6, 6.07) is 3.59. The van der Waals surface area contributed by atoms with E-state index in [4.69, 9.17) is 0 Å². The smallest absolute Gasteiger partial charge is 0.419 e. The van der Waals surface area contributed by atoms with E-state index in [9.17, 15) is 53.1 Å². The minimum absolute atomic E-state index is 0.1000. The van der Waals surface area contributed by atoms with Crippen LogP contribution in [-0.2, 0) is 32.0 Å². The summed E-state index contributed by atoms with van der Waals surface area (Å²) >= 11 is 0. The number of para-hydroxylation sites is 1. The highest BCUT2D eigenvalue weighted by atomic mass is 32.2. The number of aromatic hydroxyl groups is 1. The first-order valence-corrected chi connectivity index (χ1v) is 14.5. The van der Waals surface area contributed by atoms with Gasteiger partial charge in [-0.15, -0.1) is 0 Å². The Balaban J connectivity index is 2.03. The molecule has 0 aliphatic heterocycles. The molecule has 0 unspecified atom stereocenters. The summed E-state index contributed by atoms with van der Waals surface area (Å²) in [6.45, 7) is -0.686. The van der Waals surface area contributed by atoms with Crippen LogP contribution in [0, 0.1) is 0 Å². The number of rotatable bonds is 6. The van der Waals surface area contributed by atoms with Crippen molar-refractivity contribution in [1.29, 1.82) is 0 Å². The van der Waals surface area contributed by atoms with Gasteiger partial charge in [0.15, 0.2) is 19.7 Å². The molecule has 0 bridgehead atoms. The molecule has 1 fully saturated rings. The quantitative estimate of drug-likeness (QED) is 0.472. The number of hydrogen-bond acceptors (Lipinski definition) is 6. The molecule has 210 valence electrons. The zero-order chi connectivity index (χ0) is 28.7. The molecule has 15 heteroatoms. The molecule has 0 heterocycles. The van der Waals surface area contributed by atoms with Crippen LogP contribution in [0.2, 0.25) is 0 Å². The van der Waals surface area contributed by atoms with Crippen molar-refractivity contribution in [3.05, 3.63) is 53.1 Å². The zero-order valence-corrected chi connectivity index (χ0v) is 21.4. The monoisotopic (exact) mass is 587 g/mol. The topological polar surface area (TPSA) is 118 Å². The molecule has 0 saturated heterocycles. The third-order valence-corrected chi connectivity index (χ3v) is 10.2. The van der Waals surface area contributed by atoms with E-state index >= 15 is 0 Å². The Morgan fingerprint density at radius 2 is 1.53 bits per heavy atom. The van der Waals surface area contributed by atoms with Gasteiger partial charge in [0.2, 0.25) is 0 Å². The van der Waals surface area contributed by atoms with Gasteiger partial charge in [0, 0.05) is 12.8 Å². The summed E-state index contributed by atoms with van der Waals surface area (Å²) in [5.74, 6) is -2.68. The predicted molar refractivity (Wildman–Crippen MR) is 123 cm³/mol. The third-order valence-electron chi connectivity index (χ3n) is 6.45. The van der Waals surface area contributed by atoms with Crippen molar-refractivity contribution in [3.8, 4) is 5.75 Å². The minimum atomic E-state index is -5.05. The number of alkyl halides is 6. The Bertz CT molecular complexity index is 1440. The molecule has 2 aromatic carbocycles. The molecule has 0 spiro atoms. The van der Waals surface area contributed by atoms with E-state index in [-0.39, 0.29) is 18.9 Å². The van der Waals surface area contributed by atoms with Crippen LogP contribution in [0.1, 0.15) is 53.6 Å². The Morgan fingerprint density at radius 3 is 2.05 bits per heavy atom. The Kier molecular flexibility index (Phi) is 7.87. The van der Waals surface area contributed by atoms with Crippen molar-refractivity contribution >= 4 is 25.6 Å². The molecular weight excluding hydrogens is 564 g/mol. The van der Waals surface area contributed by atoms with E-state index in [2.05, 4.69) is 5.32 Å². The first-order valence-electron chi connectivity index (χ1n) is 11.1. The summed E-state index contributed by atoms with van der Waals surface area (Å²) in [5, 5.41) is 12.5. The Labute approximate surface area is 214 Å². The summed E-state index contributed by atoms with van der Waals surface area (Å²) in [7, 11) is -9.05. The molecule has 0 radical (unpaired) electrons. The second-order valence-corrected chi connectivity index (χ2v) is 13.4. The van der Waals surface area contributed by atoms with Crippen LogP contribution >= 0.6 is 0 Å². The van der Waals surface area contributed by atoms with Crippen LogP contribution in [0.15, 0.2) is 46.2 Å². The summed E-state index contributed by atoms with van der Waals surface area (Å²) in [4.78, 5) is 11.0. The van der Waals surface area contributed by atoms with Crippen molar-refractivity contribution in [1.82, 2.24) is 5.32 Å². The van der Waals surface area contributed by atoms with E-state index in [0.717, 1.165) is 12.1 Å². The molecule has 2 aromatic rings. The number of nitrogens with one attached hydrogen (secondary N) is 1. The van der Waals surface area contributed by atoms with Crippen molar-refractivity contribution in [2.45, 2.75) is 59.0 Å². The first-order chi connectivity index (χ1) is 17.3. The second-order valence-electron chi connectivity index (χ2n) is 9.06. The fourth-order valence-corrected chi connectivity index (χ4v) is 7.55. The number of halogens is 6. The molecule has 1 amide bonds. The van der Waals surface area contributed by atoms with E-state index in [1.54, 1.807) is 0 Å². The lowest BCUT2D eigenvalue weighted by molar-refractivity contribution is -0.139. The highest BCUT2D eigenvalue weighted by Crippen LogP contribution is 2.45. The number of hydrogen-bond donors (Lipinski definition) is 2. The van der Waals surface area contributed by atoms with Gasteiger partial charge in [-0.3, -0.25) is 4.79 Å². The van der Waals surface area contributed by atoms with E-state index in [1.807, 2.05) is 0 Å². The van der Waals surface area contributed by atoms with E-state index in [0.29, 0.717) is 43.7 Å². The van der Waals surface area contributed by atoms with Gasteiger partial charge in [0.05, 0.1) is 26.3 Å². The van der Waals surface area contributed by atoms with Crippen LogP contribution in [0.3, 0.4) is 0 Å². The predicted octanol–water partition coefficient (Wildman–Crippen LogP) is 4.74. The first kappa shape index (κ1) is 29.7. The van der Waals surface area contributed by atoms with E-state index in [1.165, 1.54) is 0 Å². The van der Waals surface area contributed by atoms with Gasteiger partial charge < -0.3 is 10.4 Å². The maximum absolute atomic E-state index is 13.6. The van der Waals surface area contributed by atoms with Crippen LogP contribution in [-0.4, -0.2) is 45.4 Å². The number of phenols is 1. The lowest BCUT2D eigenvalue weighted by Gasteiger charge is -2.37. The molecule has 3 rings (SSSR count). The molecule has 2 N–H and O–H groups in total. The van der Waals surface area contributed by atoms with Gasteiger partial charge in [-0.25, -0.2) is 16.8 Å². The van der Waals surface area contributed by atoms with E-state index < -0.39 is 81.5 Å². The fourth-order valence-electron chi connectivity index (χ4n) is 4.47. The average Bonchev–Trinajstić information content (AvgIpc) is 2.80. The maximum Gasteiger partial charge on any atom is 0.419 e. The number of carbonyl (C=O) groups excluding carboxylic acids is 1. The van der Waals surface area contributed by atoms with Crippen molar-refractivity contribution in [2.24, 2.45) is 0 Å². The molecule has 1 aliphatic rings. The molecule has 7 nitrogen and oxygen atoms in total. The highest BCUT2D eigenvalue weighted by molar-refractivity contribution is 7.93. The summed E-state index contributed by atoms with van der Waals surface area (Å²) in [6.07, 6.45) is -8.31. The average molecular weight is 588 g/mol. The molecular formula is C23H23F6NO6S2. The number of phenolic OH excluding ortho intramolecular Hbond substituents is 1. The number of sulfone groups is 2. The van der Waals surface area contributed by atoms with Crippen molar-refractivity contribution in [3.63, 3.8) is 0 Å². The molecule has 38 heavy (non-hydrogen) atoms. The van der Waals surface area contributed by atoms with Gasteiger partial charge in [-0.05, 0) is 43.2 Å². The van der Waals surface area contributed by atoms with Crippen molar-refractivity contribution in [2.75, 3.05) is 12.8 Å². The SMILES string of the molecule is CS(=O)(=O)c1cc(C(F)(F)F)ccc1C(=O)NCC1(S(=O)(=O)c2cccc(C(F)(F)F)c2O)CCCCC1. The molecule has 0 aromatic heterocycles. The summed E-state index contributed by atoms with van der Waals surface area (Å²) in [5.41, 5.74) is -3.54. The van der Waals surface area contributed by atoms with Gasteiger partial charge in [-0.1, -0.05) is 25.3 Å². The van der Waals surface area contributed by atoms with Crippen LogP contribution in [0.5, 0.6) is 5.75 Å². The largest absolute Gasteiger partial charge is 0.506 e. The van der Waals surface area contributed by atoms with Gasteiger partial charge >= 0.3 is 12.4 Å². The Morgan fingerprint density at radius 1 is 0.921 bits per heavy atom. The van der Waals surface area contributed by atoms with Crippen molar-refractivity contribution < 1.29 is 53.1 Å². The van der Waals surface area contributed by atoms with Gasteiger partial charge in [-0.2, -0.15) is 26.3 Å². The summed E-state index contributed by atoms with van der Waals surface area (Å²) < 4.78 is 129. The van der Waals surface area contributed by atoms with Crippen LogP contribution in [0.4, 0.5) is 26.3 Å². The fraction of sp³-hybridized carbons (Fsp3) is 0.435. The zero-order valence-electron chi connectivity index (χ0n) is 19.8. The maximum atomic E-state index is 13.6. The lowest BCUT2D eigenvalue weighted by Crippen LogP contribution is -2.50. The third kappa shape index (κ3) is 5.77. The second kappa shape index (κ2) is 10.1. The Hall–Kier alpha value is -2.81. The minimum Gasteiger partial charge on any atom is -0.506 e. The van der Waals surface area contributed by atoms with Crippen LogP contribution < -0.4 is 5.32 Å². The number of carbonyl (C=O) groups is 1. The van der Waals surface area contributed by atoms with Gasteiger partial charge in [0.25, 0.3) is 5.91 Å². The standard InChI is InChI=1S/C23H23F6NO6S2/c1-37(33,34)18-12-14(22(24,25)26)8-9-15(18)20(32)30-13-21(10-3-2-4-11-21)38(35,36)17-7-5-6-16(19(17)31)23(27,28)29/h5-9,12,31H,2-4,10-11,13H2,1H3,(H,30,32). The lowest BCUT2D eigenvalue weighted by atomic mass is 9.88. The number of benzene rings is 2. The van der Waals surface area contributed by atoms with Gasteiger partial charge in [0.1, 0.15) is 10.6 Å². The molecule has 0 atom stereocenters.